The molecule has 0 fully saturated rings. The number of carboxylic acid groups (broad SMARTS) is 1. The summed E-state index contributed by atoms with van der Waals surface area (Å²) in [5, 5.41) is 16.5. The van der Waals surface area contributed by atoms with Crippen LogP contribution in [0.25, 0.3) is 10.2 Å². The van der Waals surface area contributed by atoms with Gasteiger partial charge in [0.15, 0.2) is 0 Å². The average Bonchev–Trinajstić information content (AvgIpc) is 2.74. The van der Waals surface area contributed by atoms with Gasteiger partial charge in [0.1, 0.15) is 10.4 Å². The van der Waals surface area contributed by atoms with Gasteiger partial charge in [0.25, 0.3) is 0 Å². The van der Waals surface area contributed by atoms with Gasteiger partial charge in [-0.15, -0.1) is 11.3 Å². The van der Waals surface area contributed by atoms with Crippen LogP contribution in [0, 0.1) is 5.41 Å². The van der Waals surface area contributed by atoms with Gasteiger partial charge in [-0.05, 0) is 13.0 Å². The minimum Gasteiger partial charge on any atom is -0.477 e. The van der Waals surface area contributed by atoms with Crippen molar-refractivity contribution in [3.05, 3.63) is 32.9 Å². The van der Waals surface area contributed by atoms with Gasteiger partial charge in [0.05, 0.1) is 5.39 Å². The van der Waals surface area contributed by atoms with E-state index in [1.54, 1.807) is 10.6 Å². The Labute approximate surface area is 100 Å². The van der Waals surface area contributed by atoms with E-state index < -0.39 is 11.4 Å². The number of hydrogen-bond donors (Lipinski definition) is 2. The summed E-state index contributed by atoms with van der Waals surface area (Å²) in [6, 6.07) is 1.56. The molecule has 88 valence electrons. The smallest absolute Gasteiger partial charge is 0.341 e. The van der Waals surface area contributed by atoms with E-state index in [9.17, 15) is 9.59 Å². The Morgan fingerprint density at radius 3 is 2.88 bits per heavy atom. The normalized spacial score (nSPS) is 10.6. The first-order valence-corrected chi connectivity index (χ1v) is 5.81. The van der Waals surface area contributed by atoms with Crippen molar-refractivity contribution >= 4 is 33.7 Å². The fraction of sp³-hybridized carbons (Fsp3) is 0.182. The number of hydrogen-bond acceptors (Lipinski definition) is 4. The fourth-order valence-electron chi connectivity index (χ4n) is 1.65. The number of rotatable bonds is 3. The number of fused-ring (bicyclic) bond motifs is 1. The third-order valence-electron chi connectivity index (χ3n) is 2.48. The van der Waals surface area contributed by atoms with Gasteiger partial charge in [0.2, 0.25) is 5.43 Å². The van der Waals surface area contributed by atoms with Crippen molar-refractivity contribution in [2.45, 2.75) is 13.5 Å². The van der Waals surface area contributed by atoms with E-state index in [1.165, 1.54) is 17.5 Å². The molecule has 17 heavy (non-hydrogen) atoms. The molecule has 0 radical (unpaired) electrons. The molecular formula is C11H10N2O3S. The van der Waals surface area contributed by atoms with E-state index in [1.807, 2.05) is 6.92 Å². The predicted molar refractivity (Wildman–Crippen MR) is 66.6 cm³/mol. The standard InChI is InChI=1S/C11H10N2O3S/c1-2-13-5-8(11(15)16)9(14)7-3-6(4-12)17-10(7)13/h3-5,12H,2H2,1H3,(H,15,16). The Balaban J connectivity index is 2.92. The number of nitrogens with one attached hydrogen (secondary N) is 1. The molecule has 2 aromatic heterocycles. The van der Waals surface area contributed by atoms with Crippen LogP contribution in [0.15, 0.2) is 17.1 Å². The molecule has 0 aliphatic carbocycles. The maximum Gasteiger partial charge on any atom is 0.341 e. The second-order valence-electron chi connectivity index (χ2n) is 3.48. The molecule has 0 aliphatic heterocycles. The number of carbonyl (C=O) groups is 1. The van der Waals surface area contributed by atoms with E-state index in [0.29, 0.717) is 21.6 Å². The Bertz CT molecular complexity index is 669. The van der Waals surface area contributed by atoms with Crippen molar-refractivity contribution in [3.63, 3.8) is 0 Å². The summed E-state index contributed by atoms with van der Waals surface area (Å²) in [5.41, 5.74) is -0.713. The van der Waals surface area contributed by atoms with Gasteiger partial charge in [0, 0.05) is 23.8 Å². The molecule has 0 bridgehead atoms. The lowest BCUT2D eigenvalue weighted by molar-refractivity contribution is 0.0695. The van der Waals surface area contributed by atoms with E-state index in [2.05, 4.69) is 0 Å². The maximum atomic E-state index is 11.9. The Morgan fingerprint density at radius 2 is 2.35 bits per heavy atom. The Kier molecular flexibility index (Phi) is 2.81. The lowest BCUT2D eigenvalue weighted by Crippen LogP contribution is -2.17. The SMILES string of the molecule is CCn1cc(C(=O)O)c(=O)c2cc(C=N)sc21. The summed E-state index contributed by atoms with van der Waals surface area (Å²) in [5.74, 6) is -1.22. The van der Waals surface area contributed by atoms with E-state index in [4.69, 9.17) is 10.5 Å². The Morgan fingerprint density at radius 1 is 1.65 bits per heavy atom. The largest absolute Gasteiger partial charge is 0.477 e. The van der Waals surface area contributed by atoms with Crippen molar-refractivity contribution in [1.29, 1.82) is 5.41 Å². The monoisotopic (exact) mass is 250 g/mol. The first-order valence-electron chi connectivity index (χ1n) is 4.99. The van der Waals surface area contributed by atoms with Crippen LogP contribution in [0.5, 0.6) is 0 Å². The molecule has 0 atom stereocenters. The average molecular weight is 250 g/mol. The second kappa shape index (κ2) is 4.14. The molecule has 0 aromatic carbocycles. The molecule has 2 N–H and O–H groups in total. The van der Waals surface area contributed by atoms with Crippen molar-refractivity contribution in [2.75, 3.05) is 0 Å². The molecular weight excluding hydrogens is 240 g/mol. The third kappa shape index (κ3) is 1.76. The summed E-state index contributed by atoms with van der Waals surface area (Å²) >= 11 is 1.31. The number of aryl methyl sites for hydroxylation is 1. The number of aromatic carboxylic acids is 1. The van der Waals surface area contributed by atoms with E-state index in [-0.39, 0.29) is 5.56 Å². The predicted octanol–water partition coefficient (Wildman–Crippen LogP) is 1.78. The maximum absolute atomic E-state index is 11.9. The molecule has 2 heterocycles. The highest BCUT2D eigenvalue weighted by molar-refractivity contribution is 7.20. The zero-order valence-electron chi connectivity index (χ0n) is 9.06. The zero-order valence-corrected chi connectivity index (χ0v) is 9.87. The van der Waals surface area contributed by atoms with Gasteiger partial charge in [-0.3, -0.25) is 4.79 Å². The summed E-state index contributed by atoms with van der Waals surface area (Å²) in [6.45, 7) is 2.45. The highest BCUT2D eigenvalue weighted by atomic mass is 32.1. The van der Waals surface area contributed by atoms with Crippen LogP contribution in [0.4, 0.5) is 0 Å². The molecule has 0 spiro atoms. The highest BCUT2D eigenvalue weighted by Crippen LogP contribution is 2.22. The Hall–Kier alpha value is -1.95. The quantitative estimate of drug-likeness (QED) is 0.814. The molecule has 0 aliphatic rings. The summed E-state index contributed by atoms with van der Waals surface area (Å²) in [7, 11) is 0. The minimum atomic E-state index is -1.22. The molecule has 0 saturated heterocycles. The molecule has 0 unspecified atom stereocenters. The first kappa shape index (κ1) is 11.5. The number of nitrogens with zero attached hydrogens (tertiary/aromatic N) is 1. The first-order chi connectivity index (χ1) is 8.08. The zero-order chi connectivity index (χ0) is 12.6. The number of aromatic nitrogens is 1. The van der Waals surface area contributed by atoms with Crippen molar-refractivity contribution in [3.8, 4) is 0 Å². The number of pyridine rings is 1. The van der Waals surface area contributed by atoms with Crippen LogP contribution in [-0.2, 0) is 6.54 Å². The number of carboxylic acids is 1. The van der Waals surface area contributed by atoms with Crippen LogP contribution < -0.4 is 5.43 Å². The topological polar surface area (TPSA) is 83.2 Å². The van der Waals surface area contributed by atoms with Crippen LogP contribution in [-0.4, -0.2) is 21.9 Å². The lowest BCUT2D eigenvalue weighted by atomic mass is 10.2. The van der Waals surface area contributed by atoms with Crippen LogP contribution in [0.1, 0.15) is 22.2 Å². The van der Waals surface area contributed by atoms with Gasteiger partial charge in [-0.1, -0.05) is 0 Å². The minimum absolute atomic E-state index is 0.228. The van der Waals surface area contributed by atoms with Crippen LogP contribution >= 0.6 is 11.3 Å². The molecule has 5 nitrogen and oxygen atoms in total. The third-order valence-corrected chi connectivity index (χ3v) is 3.60. The summed E-state index contributed by atoms with van der Waals surface area (Å²) in [4.78, 5) is 24.2. The lowest BCUT2D eigenvalue weighted by Gasteiger charge is -2.05. The summed E-state index contributed by atoms with van der Waals surface area (Å²) < 4.78 is 1.72. The van der Waals surface area contributed by atoms with Gasteiger partial charge in [-0.2, -0.15) is 0 Å². The van der Waals surface area contributed by atoms with Crippen LogP contribution in [0.2, 0.25) is 0 Å². The fourth-order valence-corrected chi connectivity index (χ4v) is 2.67. The second-order valence-corrected chi connectivity index (χ2v) is 4.54. The van der Waals surface area contributed by atoms with Gasteiger partial charge < -0.3 is 15.1 Å². The van der Waals surface area contributed by atoms with Gasteiger partial charge in [-0.25, -0.2) is 4.79 Å². The molecule has 0 amide bonds. The van der Waals surface area contributed by atoms with Crippen molar-refractivity contribution in [2.24, 2.45) is 0 Å². The van der Waals surface area contributed by atoms with Gasteiger partial charge >= 0.3 is 5.97 Å². The van der Waals surface area contributed by atoms with Crippen molar-refractivity contribution < 1.29 is 9.90 Å². The van der Waals surface area contributed by atoms with Crippen LogP contribution in [0.3, 0.4) is 0 Å². The molecule has 2 rings (SSSR count). The van der Waals surface area contributed by atoms with E-state index >= 15 is 0 Å². The van der Waals surface area contributed by atoms with E-state index in [0.717, 1.165) is 6.21 Å². The molecule has 6 heteroatoms. The molecule has 2 aromatic rings. The number of thiophene rings is 1. The summed E-state index contributed by atoms with van der Waals surface area (Å²) in [6.07, 6.45) is 2.52. The molecule has 0 saturated carbocycles. The van der Waals surface area contributed by atoms with Crippen molar-refractivity contribution in [1.82, 2.24) is 4.57 Å². The highest BCUT2D eigenvalue weighted by Gasteiger charge is 2.15.